The molecule has 7 heteroatoms. The maximum absolute atomic E-state index is 12.9. The van der Waals surface area contributed by atoms with Crippen molar-refractivity contribution in [3.63, 3.8) is 0 Å². The van der Waals surface area contributed by atoms with Gasteiger partial charge in [0.05, 0.1) is 6.54 Å². The molecule has 1 unspecified atom stereocenters. The Balaban J connectivity index is 1.44. The number of rotatable bonds is 8. The number of aliphatic hydroxyl groups is 1. The molecule has 0 radical (unpaired) electrons. The van der Waals surface area contributed by atoms with Crippen LogP contribution in [-0.2, 0) is 0 Å². The van der Waals surface area contributed by atoms with Crippen molar-refractivity contribution in [1.82, 2.24) is 10.6 Å². The molecule has 2 aromatic carbocycles. The molecule has 0 aliphatic carbocycles. The molecule has 0 spiro atoms. The molecule has 1 heterocycles. The lowest BCUT2D eigenvalue weighted by Crippen LogP contribution is -2.49. The van der Waals surface area contributed by atoms with Gasteiger partial charge in [-0.3, -0.25) is 4.99 Å². The van der Waals surface area contributed by atoms with Gasteiger partial charge < -0.3 is 25.4 Å². The van der Waals surface area contributed by atoms with Gasteiger partial charge in [0, 0.05) is 31.4 Å². The molecular weight excluding hydrogens is 383 g/mol. The molecule has 6 nitrogen and oxygen atoms in total. The molecule has 1 aliphatic rings. The van der Waals surface area contributed by atoms with Gasteiger partial charge in [0.25, 0.3) is 0 Å². The van der Waals surface area contributed by atoms with Crippen LogP contribution in [0.3, 0.4) is 0 Å². The predicted molar refractivity (Wildman–Crippen MR) is 119 cm³/mol. The number of aliphatic hydroxyl groups excluding tert-OH is 1. The highest BCUT2D eigenvalue weighted by atomic mass is 19.1. The summed E-state index contributed by atoms with van der Waals surface area (Å²) in [6.07, 6.45) is 1.30. The average Bonchev–Trinajstić information content (AvgIpc) is 2.78. The topological polar surface area (TPSA) is 69.1 Å². The predicted octanol–water partition coefficient (Wildman–Crippen LogP) is 2.79. The van der Waals surface area contributed by atoms with Crippen LogP contribution in [0.25, 0.3) is 0 Å². The van der Waals surface area contributed by atoms with E-state index in [0.29, 0.717) is 17.8 Å². The Kier molecular flexibility index (Phi) is 8.32. The largest absolute Gasteiger partial charge is 0.491 e. The van der Waals surface area contributed by atoms with E-state index in [4.69, 9.17) is 4.74 Å². The quantitative estimate of drug-likeness (QED) is 0.458. The number of halogens is 1. The lowest BCUT2D eigenvalue weighted by Gasteiger charge is -2.34. The molecule has 0 saturated carbocycles. The summed E-state index contributed by atoms with van der Waals surface area (Å²) in [6, 6.07) is 16.6. The van der Waals surface area contributed by atoms with Crippen LogP contribution in [0.15, 0.2) is 59.6 Å². The van der Waals surface area contributed by atoms with E-state index in [1.807, 2.05) is 13.0 Å². The molecule has 1 atom stereocenters. The van der Waals surface area contributed by atoms with E-state index < -0.39 is 6.10 Å². The highest BCUT2D eigenvalue weighted by Gasteiger charge is 2.20. The van der Waals surface area contributed by atoms with Crippen molar-refractivity contribution in [2.24, 2.45) is 4.99 Å². The fourth-order valence-electron chi connectivity index (χ4n) is 3.41. The van der Waals surface area contributed by atoms with Gasteiger partial charge >= 0.3 is 0 Å². The van der Waals surface area contributed by atoms with Crippen molar-refractivity contribution in [3.8, 4) is 5.75 Å². The lowest BCUT2D eigenvalue weighted by atomic mass is 10.0. The van der Waals surface area contributed by atoms with Crippen LogP contribution < -0.4 is 20.3 Å². The number of benzene rings is 2. The molecule has 30 heavy (non-hydrogen) atoms. The minimum absolute atomic E-state index is 0.101. The van der Waals surface area contributed by atoms with Crippen molar-refractivity contribution in [2.45, 2.75) is 31.9 Å². The molecule has 2 aromatic rings. The number of anilines is 1. The molecule has 1 saturated heterocycles. The number of nitrogens with one attached hydrogen (secondary N) is 2. The van der Waals surface area contributed by atoms with Gasteiger partial charge in [-0.25, -0.2) is 4.39 Å². The summed E-state index contributed by atoms with van der Waals surface area (Å²) in [7, 11) is 0. The molecule has 3 rings (SSSR count). The number of ether oxygens (including phenoxy) is 1. The van der Waals surface area contributed by atoms with E-state index in [-0.39, 0.29) is 19.0 Å². The van der Waals surface area contributed by atoms with Gasteiger partial charge in [-0.2, -0.15) is 0 Å². The Bertz CT molecular complexity index is 778. The molecule has 0 bridgehead atoms. The third-order valence-electron chi connectivity index (χ3n) is 5.02. The summed E-state index contributed by atoms with van der Waals surface area (Å²) in [4.78, 5) is 6.90. The van der Waals surface area contributed by atoms with E-state index in [0.717, 1.165) is 32.5 Å². The first-order valence-electron chi connectivity index (χ1n) is 10.6. The van der Waals surface area contributed by atoms with Gasteiger partial charge in [-0.05, 0) is 56.2 Å². The van der Waals surface area contributed by atoms with Crippen LogP contribution in [0.2, 0.25) is 0 Å². The summed E-state index contributed by atoms with van der Waals surface area (Å²) in [5, 5.41) is 16.9. The average molecular weight is 415 g/mol. The molecule has 0 aromatic heterocycles. The third kappa shape index (κ3) is 6.91. The first-order chi connectivity index (χ1) is 14.6. The Labute approximate surface area is 177 Å². The smallest absolute Gasteiger partial charge is 0.191 e. The van der Waals surface area contributed by atoms with Crippen molar-refractivity contribution in [1.29, 1.82) is 0 Å². The second-order valence-corrected chi connectivity index (χ2v) is 7.38. The number of nitrogens with zero attached hydrogens (tertiary/aromatic N) is 2. The van der Waals surface area contributed by atoms with Gasteiger partial charge in [0.1, 0.15) is 24.3 Å². The van der Waals surface area contributed by atoms with Crippen LogP contribution in [0.1, 0.15) is 19.8 Å². The molecular formula is C23H31FN4O2. The Morgan fingerprint density at radius 3 is 2.53 bits per heavy atom. The molecule has 0 amide bonds. The van der Waals surface area contributed by atoms with E-state index in [1.54, 1.807) is 12.1 Å². The zero-order valence-electron chi connectivity index (χ0n) is 17.4. The van der Waals surface area contributed by atoms with E-state index in [9.17, 15) is 9.50 Å². The van der Waals surface area contributed by atoms with Crippen LogP contribution >= 0.6 is 0 Å². The van der Waals surface area contributed by atoms with E-state index in [2.05, 4.69) is 44.8 Å². The summed E-state index contributed by atoms with van der Waals surface area (Å²) in [6.45, 7) is 5.08. The van der Waals surface area contributed by atoms with Gasteiger partial charge in [-0.1, -0.05) is 18.2 Å². The summed E-state index contributed by atoms with van der Waals surface area (Å²) in [5.41, 5.74) is 1.26. The number of hydrogen-bond acceptors (Lipinski definition) is 4. The van der Waals surface area contributed by atoms with E-state index in [1.165, 1.54) is 17.8 Å². The van der Waals surface area contributed by atoms with Crippen molar-refractivity contribution in [2.75, 3.05) is 37.7 Å². The fourth-order valence-corrected chi connectivity index (χ4v) is 3.41. The summed E-state index contributed by atoms with van der Waals surface area (Å²) in [5.74, 6) is 0.912. The molecule has 3 N–H and O–H groups in total. The number of guanidine groups is 1. The van der Waals surface area contributed by atoms with Crippen LogP contribution in [-0.4, -0.2) is 56.0 Å². The number of aliphatic imine (C=N–C) groups is 1. The number of para-hydroxylation sites is 1. The van der Waals surface area contributed by atoms with Crippen molar-refractivity contribution in [3.05, 3.63) is 60.4 Å². The second kappa shape index (κ2) is 11.4. The Hall–Kier alpha value is -2.80. The standard InChI is InChI=1S/C23H31FN4O2/c1-2-25-23(26-16-21(29)17-30-22-10-8-18(24)9-11-22)27-19-12-14-28(15-13-19)20-6-4-3-5-7-20/h3-11,19,21,29H,2,12-17H2,1H3,(H2,25,26,27). The third-order valence-corrected chi connectivity index (χ3v) is 5.02. The first-order valence-corrected chi connectivity index (χ1v) is 10.6. The monoisotopic (exact) mass is 414 g/mol. The molecule has 162 valence electrons. The highest BCUT2D eigenvalue weighted by molar-refractivity contribution is 5.80. The second-order valence-electron chi connectivity index (χ2n) is 7.38. The van der Waals surface area contributed by atoms with Crippen LogP contribution in [0, 0.1) is 5.82 Å². The Morgan fingerprint density at radius 2 is 1.87 bits per heavy atom. The van der Waals surface area contributed by atoms with Gasteiger partial charge in [0.15, 0.2) is 5.96 Å². The highest BCUT2D eigenvalue weighted by Crippen LogP contribution is 2.19. The maximum atomic E-state index is 12.9. The maximum Gasteiger partial charge on any atom is 0.191 e. The summed E-state index contributed by atoms with van der Waals surface area (Å²) < 4.78 is 18.4. The SMILES string of the molecule is CCNC(=NCC(O)COc1ccc(F)cc1)NC1CCN(c2ccccc2)CC1. The molecule has 1 fully saturated rings. The van der Waals surface area contributed by atoms with E-state index >= 15 is 0 Å². The molecule has 1 aliphatic heterocycles. The van der Waals surface area contributed by atoms with Crippen LogP contribution in [0.4, 0.5) is 10.1 Å². The van der Waals surface area contributed by atoms with Crippen LogP contribution in [0.5, 0.6) is 5.75 Å². The van der Waals surface area contributed by atoms with Gasteiger partial charge in [-0.15, -0.1) is 0 Å². The van der Waals surface area contributed by atoms with Crippen molar-refractivity contribution < 1.29 is 14.2 Å². The number of piperidine rings is 1. The lowest BCUT2D eigenvalue weighted by molar-refractivity contribution is 0.114. The number of hydrogen-bond donors (Lipinski definition) is 3. The summed E-state index contributed by atoms with van der Waals surface area (Å²) >= 11 is 0. The zero-order valence-corrected chi connectivity index (χ0v) is 17.4. The first kappa shape index (κ1) is 21.9. The minimum atomic E-state index is -0.745. The minimum Gasteiger partial charge on any atom is -0.491 e. The normalized spacial score (nSPS) is 16.2. The fraction of sp³-hybridized carbons (Fsp3) is 0.435. The van der Waals surface area contributed by atoms with Gasteiger partial charge in [0.2, 0.25) is 0 Å². The van der Waals surface area contributed by atoms with Crippen molar-refractivity contribution >= 4 is 11.6 Å². The Morgan fingerprint density at radius 1 is 1.17 bits per heavy atom. The zero-order chi connectivity index (χ0) is 21.2.